The van der Waals surface area contributed by atoms with Crippen LogP contribution in [0.2, 0.25) is 0 Å². The zero-order chi connectivity index (χ0) is 20.1. The number of hydrogen-bond donors (Lipinski definition) is 1. The first-order chi connectivity index (χ1) is 13.3. The Balaban J connectivity index is 1.65. The molecule has 0 spiro atoms. The molecule has 1 N–H and O–H groups in total. The summed E-state index contributed by atoms with van der Waals surface area (Å²) in [6, 6.07) is 8.90. The van der Waals surface area contributed by atoms with Crippen LogP contribution in [0.15, 0.2) is 48.8 Å². The van der Waals surface area contributed by atoms with Gasteiger partial charge in [0.15, 0.2) is 0 Å². The molecule has 9 heteroatoms. The van der Waals surface area contributed by atoms with Crippen molar-refractivity contribution < 1.29 is 27.1 Å². The van der Waals surface area contributed by atoms with Crippen LogP contribution < -0.4 is 4.74 Å². The first kappa shape index (κ1) is 19.5. The molecule has 0 aliphatic rings. The first-order valence-electron chi connectivity index (χ1n) is 8.33. The number of nitrogens with zero attached hydrogens (tertiary/aromatic N) is 2. The summed E-state index contributed by atoms with van der Waals surface area (Å²) in [6.07, 6.45) is -2.18. The van der Waals surface area contributed by atoms with Crippen LogP contribution in [0, 0.1) is 0 Å². The maximum atomic E-state index is 12.6. The number of aromatic amines is 1. The van der Waals surface area contributed by atoms with Crippen LogP contribution in [0.5, 0.6) is 5.75 Å². The molecule has 28 heavy (non-hydrogen) atoms. The molecular weight excluding hydrogens is 378 g/mol. The van der Waals surface area contributed by atoms with E-state index in [-0.39, 0.29) is 18.9 Å². The van der Waals surface area contributed by atoms with Gasteiger partial charge in [-0.3, -0.25) is 9.78 Å². The SMILES string of the molecule is O=C(F)CCCOc1ccc(-c2ccc(-c3ncc(C(F)(F)F)[nH]3)cn2)cc1. The number of carbonyl (C=O) groups excluding carboxylic acids is 1. The molecule has 0 fully saturated rings. The third kappa shape index (κ3) is 4.93. The van der Waals surface area contributed by atoms with Crippen LogP contribution >= 0.6 is 0 Å². The number of rotatable bonds is 7. The normalized spacial score (nSPS) is 11.4. The molecule has 3 rings (SSSR count). The van der Waals surface area contributed by atoms with Gasteiger partial charge in [0.2, 0.25) is 0 Å². The molecule has 3 aromatic rings. The largest absolute Gasteiger partial charge is 0.494 e. The summed E-state index contributed by atoms with van der Waals surface area (Å²) in [7, 11) is 0. The van der Waals surface area contributed by atoms with Gasteiger partial charge in [0.25, 0.3) is 0 Å². The predicted molar refractivity (Wildman–Crippen MR) is 93.1 cm³/mol. The average Bonchev–Trinajstić information content (AvgIpc) is 3.16. The van der Waals surface area contributed by atoms with Crippen LogP contribution in [-0.4, -0.2) is 27.6 Å². The number of pyridine rings is 1. The van der Waals surface area contributed by atoms with Gasteiger partial charge in [0, 0.05) is 23.7 Å². The third-order valence-electron chi connectivity index (χ3n) is 3.85. The van der Waals surface area contributed by atoms with Crippen LogP contribution in [0.3, 0.4) is 0 Å². The molecule has 0 saturated carbocycles. The Kier molecular flexibility index (Phi) is 5.72. The number of carbonyl (C=O) groups is 1. The Morgan fingerprint density at radius 2 is 1.71 bits per heavy atom. The first-order valence-corrected chi connectivity index (χ1v) is 8.33. The van der Waals surface area contributed by atoms with E-state index in [9.17, 15) is 22.4 Å². The van der Waals surface area contributed by atoms with Crippen molar-refractivity contribution in [3.63, 3.8) is 0 Å². The molecule has 0 atom stereocenters. The molecule has 146 valence electrons. The Labute approximate surface area is 157 Å². The van der Waals surface area contributed by atoms with Crippen LogP contribution in [-0.2, 0) is 11.0 Å². The number of aromatic nitrogens is 3. The fourth-order valence-electron chi connectivity index (χ4n) is 2.44. The minimum atomic E-state index is -4.48. The standard InChI is InChI=1S/C19H15F4N3O2/c20-17(27)2-1-9-28-14-6-3-12(4-7-14)15-8-5-13(10-24-15)18-25-11-16(26-18)19(21,22)23/h3-8,10-11H,1-2,9H2,(H,25,26). The Morgan fingerprint density at radius 3 is 2.29 bits per heavy atom. The van der Waals surface area contributed by atoms with E-state index in [1.54, 1.807) is 36.4 Å². The fourth-order valence-corrected chi connectivity index (χ4v) is 2.44. The summed E-state index contributed by atoms with van der Waals surface area (Å²) in [5.41, 5.74) is 0.925. The molecule has 1 aromatic carbocycles. The van der Waals surface area contributed by atoms with Gasteiger partial charge in [0.05, 0.1) is 18.5 Å². The van der Waals surface area contributed by atoms with Gasteiger partial charge in [-0.15, -0.1) is 0 Å². The molecule has 5 nitrogen and oxygen atoms in total. The lowest BCUT2D eigenvalue weighted by atomic mass is 10.1. The van der Waals surface area contributed by atoms with Gasteiger partial charge in [-0.1, -0.05) is 0 Å². The lowest BCUT2D eigenvalue weighted by molar-refractivity contribution is -0.140. The molecule has 2 aromatic heterocycles. The number of halogens is 4. The summed E-state index contributed by atoms with van der Waals surface area (Å²) in [6.45, 7) is 0.227. The third-order valence-corrected chi connectivity index (χ3v) is 3.85. The lowest BCUT2D eigenvalue weighted by Crippen LogP contribution is -2.04. The Bertz CT molecular complexity index is 935. The smallest absolute Gasteiger partial charge is 0.432 e. The molecule has 0 amide bonds. The summed E-state index contributed by atoms with van der Waals surface area (Å²) >= 11 is 0. The van der Waals surface area contributed by atoms with Crippen molar-refractivity contribution >= 4 is 6.04 Å². The van der Waals surface area contributed by atoms with Crippen molar-refractivity contribution in [2.45, 2.75) is 19.0 Å². The minimum absolute atomic E-state index is 0.0851. The summed E-state index contributed by atoms with van der Waals surface area (Å²) < 4.78 is 55.4. The van der Waals surface area contributed by atoms with E-state index in [4.69, 9.17) is 4.74 Å². The molecule has 0 bridgehead atoms. The number of H-pyrrole nitrogens is 1. The number of imidazole rings is 1. The van der Waals surface area contributed by atoms with E-state index in [1.165, 1.54) is 6.20 Å². The Morgan fingerprint density at radius 1 is 1.00 bits per heavy atom. The van der Waals surface area contributed by atoms with Crippen molar-refractivity contribution in [2.24, 2.45) is 0 Å². The molecule has 0 aliphatic carbocycles. The van der Waals surface area contributed by atoms with E-state index in [0.717, 1.165) is 11.8 Å². The number of ether oxygens (including phenoxy) is 1. The quantitative estimate of drug-likeness (QED) is 0.355. The summed E-state index contributed by atoms with van der Waals surface area (Å²) in [4.78, 5) is 20.5. The fraction of sp³-hybridized carbons (Fsp3) is 0.211. The maximum Gasteiger partial charge on any atom is 0.432 e. The second-order valence-electron chi connectivity index (χ2n) is 5.91. The summed E-state index contributed by atoms with van der Waals surface area (Å²) in [5, 5.41) is 0. The molecule has 0 radical (unpaired) electrons. The maximum absolute atomic E-state index is 12.6. The lowest BCUT2D eigenvalue weighted by Gasteiger charge is -2.07. The van der Waals surface area contributed by atoms with Crippen LogP contribution in [0.1, 0.15) is 18.5 Å². The average molecular weight is 393 g/mol. The van der Waals surface area contributed by atoms with Gasteiger partial charge in [-0.2, -0.15) is 17.6 Å². The van der Waals surface area contributed by atoms with E-state index < -0.39 is 17.9 Å². The van der Waals surface area contributed by atoms with E-state index in [2.05, 4.69) is 15.0 Å². The highest BCUT2D eigenvalue weighted by Crippen LogP contribution is 2.29. The van der Waals surface area contributed by atoms with Crippen molar-refractivity contribution in [3.8, 4) is 28.4 Å². The molecule has 0 saturated heterocycles. The second kappa shape index (κ2) is 8.20. The number of alkyl halides is 3. The van der Waals surface area contributed by atoms with Crippen molar-refractivity contribution in [1.82, 2.24) is 15.0 Å². The highest BCUT2D eigenvalue weighted by Gasteiger charge is 2.33. The predicted octanol–water partition coefficient (Wildman–Crippen LogP) is 4.81. The Hall–Kier alpha value is -3.23. The van der Waals surface area contributed by atoms with Gasteiger partial charge in [0.1, 0.15) is 17.3 Å². The topological polar surface area (TPSA) is 67.9 Å². The highest BCUT2D eigenvalue weighted by molar-refractivity contribution is 5.67. The van der Waals surface area contributed by atoms with Crippen LogP contribution in [0.4, 0.5) is 17.6 Å². The van der Waals surface area contributed by atoms with Crippen molar-refractivity contribution in [1.29, 1.82) is 0 Å². The molecule has 2 heterocycles. The monoisotopic (exact) mass is 393 g/mol. The molecular formula is C19H15F4N3O2. The minimum Gasteiger partial charge on any atom is -0.494 e. The van der Waals surface area contributed by atoms with E-state index in [0.29, 0.717) is 23.4 Å². The molecule has 0 unspecified atom stereocenters. The van der Waals surface area contributed by atoms with Gasteiger partial charge in [-0.05, 0) is 42.8 Å². The number of benzene rings is 1. The zero-order valence-corrected chi connectivity index (χ0v) is 14.5. The van der Waals surface area contributed by atoms with Crippen molar-refractivity contribution in [3.05, 3.63) is 54.5 Å². The van der Waals surface area contributed by atoms with Crippen LogP contribution in [0.25, 0.3) is 22.6 Å². The van der Waals surface area contributed by atoms with E-state index in [1.807, 2.05) is 0 Å². The van der Waals surface area contributed by atoms with E-state index >= 15 is 0 Å². The summed E-state index contributed by atoms with van der Waals surface area (Å²) in [5.74, 6) is 0.656. The molecule has 0 aliphatic heterocycles. The number of nitrogens with one attached hydrogen (secondary N) is 1. The van der Waals surface area contributed by atoms with Crippen molar-refractivity contribution in [2.75, 3.05) is 6.61 Å². The van der Waals surface area contributed by atoms with Gasteiger partial charge in [-0.25, -0.2) is 4.98 Å². The number of hydrogen-bond acceptors (Lipinski definition) is 4. The van der Waals surface area contributed by atoms with Gasteiger partial charge < -0.3 is 9.72 Å². The second-order valence-corrected chi connectivity index (χ2v) is 5.91. The van der Waals surface area contributed by atoms with Gasteiger partial charge >= 0.3 is 12.2 Å². The highest BCUT2D eigenvalue weighted by atomic mass is 19.4. The zero-order valence-electron chi connectivity index (χ0n) is 14.5.